The zero-order valence-electron chi connectivity index (χ0n) is 6.06. The molecular formula is C6H11N3O. The van der Waals surface area contributed by atoms with Crippen molar-refractivity contribution in [2.24, 2.45) is 5.73 Å². The topological polar surface area (TPSA) is 67.2 Å². The molecule has 0 aromatic carbocycles. The average Bonchev–Trinajstić information content (AvgIpc) is 1.78. The molecule has 2 amide bonds. The molecule has 0 saturated carbocycles. The third-order valence-corrected chi connectivity index (χ3v) is 1.61. The Balaban J connectivity index is 2.86. The van der Waals surface area contributed by atoms with E-state index in [9.17, 15) is 4.79 Å². The van der Waals surface area contributed by atoms with Crippen molar-refractivity contribution < 1.29 is 4.79 Å². The van der Waals surface area contributed by atoms with Crippen LogP contribution >= 0.6 is 0 Å². The maximum Gasteiger partial charge on any atom is 0.320 e. The zero-order valence-corrected chi connectivity index (χ0v) is 6.06. The van der Waals surface area contributed by atoms with E-state index in [1.54, 1.807) is 13.1 Å². The van der Waals surface area contributed by atoms with Crippen molar-refractivity contribution in [3.63, 3.8) is 0 Å². The number of nitrogens with one attached hydrogen (secondary N) is 2. The fourth-order valence-corrected chi connectivity index (χ4v) is 0.694. The zero-order chi connectivity index (χ0) is 7.78. The molecule has 1 unspecified atom stereocenters. The van der Waals surface area contributed by atoms with Crippen molar-refractivity contribution in [1.29, 1.82) is 0 Å². The SMILES string of the molecule is CC1=CNC(=O)NC1(C)N. The Morgan fingerprint density at radius 3 is 2.70 bits per heavy atom. The summed E-state index contributed by atoms with van der Waals surface area (Å²) in [4.78, 5) is 10.7. The lowest BCUT2D eigenvalue weighted by atomic mass is 10.0. The first-order valence-corrected chi connectivity index (χ1v) is 3.07. The number of nitrogens with two attached hydrogens (primary N) is 1. The minimum Gasteiger partial charge on any atom is -0.316 e. The molecule has 1 atom stereocenters. The summed E-state index contributed by atoms with van der Waals surface area (Å²) < 4.78 is 0. The summed E-state index contributed by atoms with van der Waals surface area (Å²) in [5.41, 5.74) is 5.89. The first-order chi connectivity index (χ1) is 4.52. The predicted octanol–water partition coefficient (Wildman–Crippen LogP) is -0.122. The summed E-state index contributed by atoms with van der Waals surface area (Å²) in [6.07, 6.45) is 1.61. The van der Waals surface area contributed by atoms with Crippen LogP contribution in [0.25, 0.3) is 0 Å². The maximum atomic E-state index is 10.7. The van der Waals surface area contributed by atoms with Crippen LogP contribution in [0.1, 0.15) is 13.8 Å². The van der Waals surface area contributed by atoms with Gasteiger partial charge in [0, 0.05) is 6.20 Å². The lowest BCUT2D eigenvalue weighted by molar-refractivity contribution is 0.232. The number of amides is 2. The van der Waals surface area contributed by atoms with E-state index < -0.39 is 5.66 Å². The van der Waals surface area contributed by atoms with Crippen LogP contribution in [0.4, 0.5) is 4.79 Å². The van der Waals surface area contributed by atoms with Crippen LogP contribution in [0, 0.1) is 0 Å². The lowest BCUT2D eigenvalue weighted by Crippen LogP contribution is -2.59. The standard InChI is InChI=1S/C6H11N3O/c1-4-3-8-5(10)9-6(4,2)7/h3H,7H2,1-2H3,(H2,8,9,10). The van der Waals surface area contributed by atoms with E-state index in [1.807, 2.05) is 6.92 Å². The van der Waals surface area contributed by atoms with Crippen molar-refractivity contribution in [3.8, 4) is 0 Å². The Morgan fingerprint density at radius 1 is 1.70 bits per heavy atom. The molecule has 10 heavy (non-hydrogen) atoms. The van der Waals surface area contributed by atoms with Gasteiger partial charge in [0.05, 0.1) is 0 Å². The van der Waals surface area contributed by atoms with Crippen LogP contribution in [-0.4, -0.2) is 11.7 Å². The fraction of sp³-hybridized carbons (Fsp3) is 0.500. The molecule has 0 radical (unpaired) electrons. The molecule has 0 bridgehead atoms. The molecule has 0 aromatic heterocycles. The van der Waals surface area contributed by atoms with E-state index in [0.717, 1.165) is 5.57 Å². The van der Waals surface area contributed by atoms with E-state index in [-0.39, 0.29) is 6.03 Å². The number of hydrogen-bond donors (Lipinski definition) is 3. The van der Waals surface area contributed by atoms with Crippen molar-refractivity contribution in [2.75, 3.05) is 0 Å². The van der Waals surface area contributed by atoms with Crippen LogP contribution in [-0.2, 0) is 0 Å². The van der Waals surface area contributed by atoms with Crippen LogP contribution in [0.15, 0.2) is 11.8 Å². The molecule has 4 heteroatoms. The van der Waals surface area contributed by atoms with Gasteiger partial charge in [0.2, 0.25) is 0 Å². The molecular weight excluding hydrogens is 130 g/mol. The van der Waals surface area contributed by atoms with E-state index in [2.05, 4.69) is 10.6 Å². The van der Waals surface area contributed by atoms with Gasteiger partial charge >= 0.3 is 6.03 Å². The molecule has 0 spiro atoms. The van der Waals surface area contributed by atoms with Crippen LogP contribution < -0.4 is 16.4 Å². The molecule has 4 nitrogen and oxygen atoms in total. The van der Waals surface area contributed by atoms with Gasteiger partial charge in [0.15, 0.2) is 0 Å². The van der Waals surface area contributed by atoms with Crippen LogP contribution in [0.5, 0.6) is 0 Å². The molecule has 0 saturated heterocycles. The van der Waals surface area contributed by atoms with Gasteiger partial charge < -0.3 is 16.4 Å². The molecule has 4 N–H and O–H groups in total. The third kappa shape index (κ3) is 1.11. The summed E-state index contributed by atoms with van der Waals surface area (Å²) in [6, 6.07) is -0.254. The van der Waals surface area contributed by atoms with Crippen molar-refractivity contribution in [1.82, 2.24) is 10.6 Å². The highest BCUT2D eigenvalue weighted by Gasteiger charge is 2.25. The average molecular weight is 141 g/mol. The Labute approximate surface area is 59.5 Å². The van der Waals surface area contributed by atoms with Gasteiger partial charge in [0.25, 0.3) is 0 Å². The van der Waals surface area contributed by atoms with Crippen molar-refractivity contribution in [3.05, 3.63) is 11.8 Å². The quantitative estimate of drug-likeness (QED) is 0.440. The van der Waals surface area contributed by atoms with Gasteiger partial charge in [0.1, 0.15) is 5.66 Å². The number of hydrogen-bond acceptors (Lipinski definition) is 2. The number of carbonyl (C=O) groups is 1. The molecule has 0 aliphatic carbocycles. The Bertz CT molecular complexity index is 195. The molecule has 56 valence electrons. The van der Waals surface area contributed by atoms with Crippen molar-refractivity contribution in [2.45, 2.75) is 19.5 Å². The van der Waals surface area contributed by atoms with Gasteiger partial charge in [-0.3, -0.25) is 0 Å². The van der Waals surface area contributed by atoms with E-state index in [0.29, 0.717) is 0 Å². The van der Waals surface area contributed by atoms with E-state index in [4.69, 9.17) is 5.73 Å². The minimum absolute atomic E-state index is 0.254. The lowest BCUT2D eigenvalue weighted by Gasteiger charge is -2.30. The largest absolute Gasteiger partial charge is 0.320 e. The fourth-order valence-electron chi connectivity index (χ4n) is 0.694. The highest BCUT2D eigenvalue weighted by molar-refractivity contribution is 5.77. The number of urea groups is 1. The summed E-state index contributed by atoms with van der Waals surface area (Å²) in [5, 5.41) is 5.06. The second-order valence-corrected chi connectivity index (χ2v) is 2.63. The van der Waals surface area contributed by atoms with Crippen molar-refractivity contribution >= 4 is 6.03 Å². The number of carbonyl (C=O) groups excluding carboxylic acids is 1. The monoisotopic (exact) mass is 141 g/mol. The minimum atomic E-state index is -0.692. The smallest absolute Gasteiger partial charge is 0.316 e. The third-order valence-electron chi connectivity index (χ3n) is 1.61. The normalized spacial score (nSPS) is 32.3. The van der Waals surface area contributed by atoms with Crippen LogP contribution in [0.2, 0.25) is 0 Å². The highest BCUT2D eigenvalue weighted by Crippen LogP contribution is 2.10. The van der Waals surface area contributed by atoms with Gasteiger partial charge in [-0.2, -0.15) is 0 Å². The molecule has 1 aliphatic heterocycles. The second kappa shape index (κ2) is 1.98. The summed E-state index contributed by atoms with van der Waals surface area (Å²) >= 11 is 0. The van der Waals surface area contributed by atoms with Gasteiger partial charge in [-0.15, -0.1) is 0 Å². The number of rotatable bonds is 0. The molecule has 1 rings (SSSR count). The Morgan fingerprint density at radius 2 is 2.30 bits per heavy atom. The first kappa shape index (κ1) is 7.08. The summed E-state index contributed by atoms with van der Waals surface area (Å²) in [5.74, 6) is 0. The Kier molecular flexibility index (Phi) is 1.40. The van der Waals surface area contributed by atoms with E-state index in [1.165, 1.54) is 0 Å². The van der Waals surface area contributed by atoms with Gasteiger partial charge in [-0.1, -0.05) is 0 Å². The van der Waals surface area contributed by atoms with Crippen LogP contribution in [0.3, 0.4) is 0 Å². The maximum absolute atomic E-state index is 10.7. The molecule has 0 aromatic rings. The van der Waals surface area contributed by atoms with E-state index >= 15 is 0 Å². The predicted molar refractivity (Wildman–Crippen MR) is 38.0 cm³/mol. The summed E-state index contributed by atoms with van der Waals surface area (Å²) in [7, 11) is 0. The van der Waals surface area contributed by atoms with Gasteiger partial charge in [-0.05, 0) is 19.4 Å². The molecule has 1 aliphatic rings. The second-order valence-electron chi connectivity index (χ2n) is 2.63. The highest BCUT2D eigenvalue weighted by atomic mass is 16.2. The molecule has 0 fully saturated rings. The molecule has 1 heterocycles. The van der Waals surface area contributed by atoms with Gasteiger partial charge in [-0.25, -0.2) is 4.79 Å². The Hall–Kier alpha value is -1.03. The first-order valence-electron chi connectivity index (χ1n) is 3.07. The summed E-state index contributed by atoms with van der Waals surface area (Å²) in [6.45, 7) is 3.60.